The van der Waals surface area contributed by atoms with Crippen molar-refractivity contribution in [2.24, 2.45) is 0 Å². The van der Waals surface area contributed by atoms with Crippen molar-refractivity contribution in [1.82, 2.24) is 9.80 Å². The Kier molecular flexibility index (Phi) is 3.88. The van der Waals surface area contributed by atoms with Gasteiger partial charge in [-0.2, -0.15) is 0 Å². The smallest absolute Gasteiger partial charge is 0.326 e. The monoisotopic (exact) mass is 318 g/mol. The predicted molar refractivity (Wildman–Crippen MR) is 86.4 cm³/mol. The molecule has 5 nitrogen and oxygen atoms in total. The van der Waals surface area contributed by atoms with E-state index in [0.717, 1.165) is 10.1 Å². The molecule has 116 valence electrons. The van der Waals surface area contributed by atoms with E-state index in [9.17, 15) is 14.7 Å². The lowest BCUT2D eigenvalue weighted by Gasteiger charge is -2.21. The largest absolute Gasteiger partial charge is 0.480 e. The van der Waals surface area contributed by atoms with Gasteiger partial charge in [0.2, 0.25) is 0 Å². The molecule has 2 atom stereocenters. The van der Waals surface area contributed by atoms with Gasteiger partial charge in [0.25, 0.3) is 5.91 Å². The number of hydrogen-bond acceptors (Lipinski definition) is 4. The molecule has 1 fully saturated rings. The number of fused-ring (bicyclic) bond motifs is 1. The van der Waals surface area contributed by atoms with E-state index >= 15 is 0 Å². The first-order chi connectivity index (χ1) is 10.5. The highest BCUT2D eigenvalue weighted by atomic mass is 32.1. The van der Waals surface area contributed by atoms with Crippen LogP contribution in [0.3, 0.4) is 0 Å². The summed E-state index contributed by atoms with van der Waals surface area (Å²) in [6, 6.07) is 8.99. The van der Waals surface area contributed by atoms with Crippen LogP contribution in [0.4, 0.5) is 0 Å². The number of thiophene rings is 1. The molecule has 0 aliphatic carbocycles. The zero-order valence-corrected chi connectivity index (χ0v) is 13.3. The number of likely N-dealkylation sites (N-methyl/N-ethyl adjacent to an activating group) is 1. The third-order valence-corrected chi connectivity index (χ3v) is 5.30. The van der Waals surface area contributed by atoms with Gasteiger partial charge >= 0.3 is 5.97 Å². The molecule has 0 saturated carbocycles. The van der Waals surface area contributed by atoms with Gasteiger partial charge in [-0.3, -0.25) is 4.79 Å². The second-order valence-electron chi connectivity index (χ2n) is 5.81. The maximum atomic E-state index is 12.8. The third kappa shape index (κ3) is 2.60. The molecule has 2 aromatic rings. The molecule has 1 amide bonds. The minimum Gasteiger partial charge on any atom is -0.480 e. The quantitative estimate of drug-likeness (QED) is 0.942. The molecule has 0 bridgehead atoms. The lowest BCUT2D eigenvalue weighted by atomic mass is 10.1. The van der Waals surface area contributed by atoms with E-state index in [1.807, 2.05) is 49.3 Å². The average molecular weight is 318 g/mol. The van der Waals surface area contributed by atoms with E-state index in [-0.39, 0.29) is 11.9 Å². The first-order valence-electron chi connectivity index (χ1n) is 7.16. The summed E-state index contributed by atoms with van der Waals surface area (Å²) in [7, 11) is 3.83. The van der Waals surface area contributed by atoms with E-state index in [2.05, 4.69) is 0 Å². The SMILES string of the molecule is CN(C)[C@@H]1C[C@@H](C(=O)O)N(C(=O)c2cc3ccccc3s2)C1. The first-order valence-corrected chi connectivity index (χ1v) is 7.98. The molecule has 6 heteroatoms. The van der Waals surface area contributed by atoms with Crippen molar-refractivity contribution in [2.75, 3.05) is 20.6 Å². The predicted octanol–water partition coefficient (Wildman–Crippen LogP) is 2.13. The Bertz CT molecular complexity index is 692. The van der Waals surface area contributed by atoms with Gasteiger partial charge in [-0.15, -0.1) is 11.3 Å². The van der Waals surface area contributed by atoms with Crippen LogP contribution < -0.4 is 0 Å². The summed E-state index contributed by atoms with van der Waals surface area (Å²) >= 11 is 1.42. The zero-order chi connectivity index (χ0) is 15.9. The topological polar surface area (TPSA) is 60.9 Å². The molecule has 1 aromatic carbocycles. The van der Waals surface area contributed by atoms with Gasteiger partial charge in [0.1, 0.15) is 6.04 Å². The van der Waals surface area contributed by atoms with Crippen LogP contribution in [0.15, 0.2) is 30.3 Å². The van der Waals surface area contributed by atoms with Crippen LogP contribution in [0, 0.1) is 0 Å². The van der Waals surface area contributed by atoms with Gasteiger partial charge in [0, 0.05) is 17.3 Å². The summed E-state index contributed by atoms with van der Waals surface area (Å²) in [6.45, 7) is 0.455. The maximum absolute atomic E-state index is 12.8. The molecule has 3 rings (SSSR count). The second-order valence-corrected chi connectivity index (χ2v) is 6.90. The van der Waals surface area contributed by atoms with Crippen molar-refractivity contribution in [1.29, 1.82) is 0 Å². The molecule has 0 unspecified atom stereocenters. The summed E-state index contributed by atoms with van der Waals surface area (Å²) in [5.74, 6) is -1.11. The lowest BCUT2D eigenvalue weighted by molar-refractivity contribution is -0.141. The van der Waals surface area contributed by atoms with Crippen LogP contribution in [0.5, 0.6) is 0 Å². The summed E-state index contributed by atoms with van der Waals surface area (Å²) in [5, 5.41) is 10.4. The Morgan fingerprint density at radius 1 is 1.32 bits per heavy atom. The van der Waals surface area contributed by atoms with Crippen LogP contribution in [-0.2, 0) is 4.79 Å². The summed E-state index contributed by atoms with van der Waals surface area (Å²) < 4.78 is 1.04. The van der Waals surface area contributed by atoms with Crippen molar-refractivity contribution in [3.8, 4) is 0 Å². The normalized spacial score (nSPS) is 21.7. The molecule has 1 N–H and O–H groups in total. The molecule has 22 heavy (non-hydrogen) atoms. The van der Waals surface area contributed by atoms with Crippen molar-refractivity contribution < 1.29 is 14.7 Å². The number of carbonyl (C=O) groups excluding carboxylic acids is 1. The Balaban J connectivity index is 1.90. The first kappa shape index (κ1) is 15.0. The van der Waals surface area contributed by atoms with Crippen molar-refractivity contribution in [2.45, 2.75) is 18.5 Å². The highest BCUT2D eigenvalue weighted by Crippen LogP contribution is 2.29. The molecular weight excluding hydrogens is 300 g/mol. The van der Waals surface area contributed by atoms with Gasteiger partial charge in [0.15, 0.2) is 0 Å². The second kappa shape index (κ2) is 5.70. The Labute approximate surface area is 132 Å². The lowest BCUT2D eigenvalue weighted by Crippen LogP contribution is -2.40. The van der Waals surface area contributed by atoms with Gasteiger partial charge < -0.3 is 14.9 Å². The Hall–Kier alpha value is -1.92. The van der Waals surface area contributed by atoms with E-state index in [1.54, 1.807) is 0 Å². The molecule has 1 saturated heterocycles. The maximum Gasteiger partial charge on any atom is 0.326 e. The number of benzene rings is 1. The number of carboxylic acid groups (broad SMARTS) is 1. The van der Waals surface area contributed by atoms with Crippen molar-refractivity contribution >= 4 is 33.3 Å². The number of likely N-dealkylation sites (tertiary alicyclic amines) is 1. The van der Waals surface area contributed by atoms with Gasteiger partial charge in [-0.25, -0.2) is 4.79 Å². The van der Waals surface area contributed by atoms with Gasteiger partial charge in [-0.05, 0) is 38.0 Å². The van der Waals surface area contributed by atoms with Crippen LogP contribution >= 0.6 is 11.3 Å². The fraction of sp³-hybridized carbons (Fsp3) is 0.375. The van der Waals surface area contributed by atoms with Crippen molar-refractivity contribution in [3.63, 3.8) is 0 Å². The summed E-state index contributed by atoms with van der Waals surface area (Å²) in [6.07, 6.45) is 0.471. The van der Waals surface area contributed by atoms with Crippen LogP contribution in [0.1, 0.15) is 16.1 Å². The number of hydrogen-bond donors (Lipinski definition) is 1. The summed E-state index contributed by atoms with van der Waals surface area (Å²) in [4.78, 5) is 28.3. The number of aliphatic carboxylic acids is 1. The molecular formula is C16H18N2O3S. The molecule has 0 radical (unpaired) electrons. The highest BCUT2D eigenvalue weighted by Gasteiger charge is 2.41. The Morgan fingerprint density at radius 3 is 2.68 bits per heavy atom. The van der Waals surface area contributed by atoms with E-state index in [1.165, 1.54) is 16.2 Å². The molecule has 1 aliphatic heterocycles. The number of carboxylic acids is 1. The van der Waals surface area contributed by atoms with Gasteiger partial charge in [-0.1, -0.05) is 18.2 Å². The van der Waals surface area contributed by atoms with Crippen LogP contribution in [0.25, 0.3) is 10.1 Å². The molecule has 0 spiro atoms. The average Bonchev–Trinajstić information content (AvgIpc) is 3.10. The molecule has 1 aliphatic rings. The minimum atomic E-state index is -0.932. The standard InChI is InChI=1S/C16H18N2O3S/c1-17(2)11-8-12(16(20)21)18(9-11)15(19)14-7-10-5-3-4-6-13(10)22-14/h3-7,11-12H,8-9H2,1-2H3,(H,20,21)/t11-,12+/m1/s1. The number of rotatable bonds is 3. The number of carbonyl (C=O) groups is 2. The van der Waals surface area contributed by atoms with Gasteiger partial charge in [0.05, 0.1) is 4.88 Å². The van der Waals surface area contributed by atoms with E-state index < -0.39 is 12.0 Å². The molecule has 1 aromatic heterocycles. The number of nitrogens with zero attached hydrogens (tertiary/aromatic N) is 2. The fourth-order valence-electron chi connectivity index (χ4n) is 2.88. The van der Waals surface area contributed by atoms with Crippen LogP contribution in [-0.4, -0.2) is 59.5 Å². The van der Waals surface area contributed by atoms with E-state index in [4.69, 9.17) is 0 Å². The highest BCUT2D eigenvalue weighted by molar-refractivity contribution is 7.20. The molecule has 2 heterocycles. The van der Waals surface area contributed by atoms with Crippen molar-refractivity contribution in [3.05, 3.63) is 35.2 Å². The zero-order valence-electron chi connectivity index (χ0n) is 12.5. The fourth-order valence-corrected chi connectivity index (χ4v) is 3.89. The third-order valence-electron chi connectivity index (χ3n) is 4.19. The minimum absolute atomic E-state index is 0.0828. The summed E-state index contributed by atoms with van der Waals surface area (Å²) in [5.41, 5.74) is 0. The van der Waals surface area contributed by atoms with E-state index in [0.29, 0.717) is 17.8 Å². The number of amides is 1. The van der Waals surface area contributed by atoms with Crippen LogP contribution in [0.2, 0.25) is 0 Å². The Morgan fingerprint density at radius 2 is 2.05 bits per heavy atom.